The molecule has 0 radical (unpaired) electrons. The zero-order chi connectivity index (χ0) is 16.2. The molecule has 0 saturated heterocycles. The first-order valence-electron chi connectivity index (χ1n) is 8.34. The van der Waals surface area contributed by atoms with E-state index < -0.39 is 0 Å². The van der Waals surface area contributed by atoms with E-state index in [-0.39, 0.29) is 0 Å². The maximum absolute atomic E-state index is 4.78. The Kier molecular flexibility index (Phi) is 4.77. The van der Waals surface area contributed by atoms with Crippen molar-refractivity contribution >= 4 is 27.5 Å². The molecule has 0 aliphatic rings. The zero-order valence-corrected chi connectivity index (χ0v) is 14.2. The Bertz CT molecular complexity index is 741. The molecule has 120 valence electrons. The van der Waals surface area contributed by atoms with Crippen molar-refractivity contribution in [3.8, 4) is 0 Å². The third-order valence-electron chi connectivity index (χ3n) is 4.22. The van der Waals surface area contributed by atoms with Gasteiger partial charge >= 0.3 is 0 Å². The molecule has 1 aromatic heterocycles. The number of aromatic nitrogens is 1. The van der Waals surface area contributed by atoms with Crippen LogP contribution in [0.15, 0.2) is 48.5 Å². The van der Waals surface area contributed by atoms with Crippen molar-refractivity contribution in [2.75, 3.05) is 26.0 Å². The van der Waals surface area contributed by atoms with Crippen molar-refractivity contribution in [1.29, 1.82) is 0 Å². The lowest BCUT2D eigenvalue weighted by Gasteiger charge is -2.19. The number of hydrogen-bond acceptors (Lipinski definition) is 3. The predicted molar refractivity (Wildman–Crippen MR) is 100 cm³/mol. The van der Waals surface area contributed by atoms with Gasteiger partial charge in [0.1, 0.15) is 0 Å². The van der Waals surface area contributed by atoms with E-state index in [2.05, 4.69) is 67.6 Å². The summed E-state index contributed by atoms with van der Waals surface area (Å²) in [5.41, 5.74) is 3.31. The number of para-hydroxylation sites is 2. The summed E-state index contributed by atoms with van der Waals surface area (Å²) in [4.78, 5) is 7.02. The van der Waals surface area contributed by atoms with E-state index in [9.17, 15) is 0 Å². The molecule has 3 heteroatoms. The highest BCUT2D eigenvalue weighted by Gasteiger charge is 2.11. The Labute approximate surface area is 138 Å². The van der Waals surface area contributed by atoms with Gasteiger partial charge in [0.15, 0.2) is 0 Å². The molecule has 0 amide bonds. The summed E-state index contributed by atoms with van der Waals surface area (Å²) in [5.74, 6) is 0. The number of hydrogen-bond donors (Lipinski definition) is 1. The number of rotatable bonds is 6. The van der Waals surface area contributed by atoms with E-state index in [1.165, 1.54) is 22.9 Å². The normalized spacial score (nSPS) is 12.9. The molecule has 0 fully saturated rings. The van der Waals surface area contributed by atoms with Gasteiger partial charge in [0.05, 0.1) is 16.7 Å². The van der Waals surface area contributed by atoms with E-state index in [0.717, 1.165) is 24.0 Å². The van der Waals surface area contributed by atoms with Crippen molar-refractivity contribution in [2.24, 2.45) is 0 Å². The minimum absolute atomic E-state index is 0.434. The van der Waals surface area contributed by atoms with Crippen molar-refractivity contribution in [1.82, 2.24) is 9.88 Å². The van der Waals surface area contributed by atoms with Gasteiger partial charge in [-0.1, -0.05) is 36.4 Å². The lowest BCUT2D eigenvalue weighted by atomic mass is 10.1. The third-order valence-corrected chi connectivity index (χ3v) is 4.22. The third kappa shape index (κ3) is 3.62. The first-order chi connectivity index (χ1) is 11.1. The summed E-state index contributed by atoms with van der Waals surface area (Å²) >= 11 is 0. The molecular weight excluding hydrogens is 282 g/mol. The topological polar surface area (TPSA) is 28.2 Å². The second-order valence-corrected chi connectivity index (χ2v) is 6.51. The average molecular weight is 307 g/mol. The average Bonchev–Trinajstić information content (AvgIpc) is 2.54. The Morgan fingerprint density at radius 2 is 1.52 bits per heavy atom. The van der Waals surface area contributed by atoms with Crippen LogP contribution < -0.4 is 5.32 Å². The molecule has 2 aromatic carbocycles. The highest BCUT2D eigenvalue weighted by atomic mass is 15.0. The molecular formula is C20H25N3. The van der Waals surface area contributed by atoms with Gasteiger partial charge in [-0.05, 0) is 52.5 Å². The fourth-order valence-electron chi connectivity index (χ4n) is 3.03. The Morgan fingerprint density at radius 3 is 2.09 bits per heavy atom. The number of nitrogens with zero attached hydrogens (tertiary/aromatic N) is 2. The summed E-state index contributed by atoms with van der Waals surface area (Å²) < 4.78 is 0. The second kappa shape index (κ2) is 6.97. The van der Waals surface area contributed by atoms with Crippen LogP contribution in [0, 0.1) is 0 Å². The quantitative estimate of drug-likeness (QED) is 0.678. The molecule has 0 bridgehead atoms. The van der Waals surface area contributed by atoms with Gasteiger partial charge in [0, 0.05) is 16.8 Å². The van der Waals surface area contributed by atoms with Crippen LogP contribution in [0.4, 0.5) is 5.69 Å². The number of fused-ring (bicyclic) bond motifs is 2. The summed E-state index contributed by atoms with van der Waals surface area (Å²) in [6.07, 6.45) is 2.35. The van der Waals surface area contributed by atoms with Gasteiger partial charge in [-0.2, -0.15) is 0 Å². The van der Waals surface area contributed by atoms with Gasteiger partial charge in [0.2, 0.25) is 0 Å². The van der Waals surface area contributed by atoms with Crippen molar-refractivity contribution in [2.45, 2.75) is 25.8 Å². The predicted octanol–water partition coefficient (Wildman–Crippen LogP) is 4.53. The van der Waals surface area contributed by atoms with E-state index in [0.29, 0.717) is 6.04 Å². The molecule has 3 rings (SSSR count). The first-order valence-corrected chi connectivity index (χ1v) is 8.34. The van der Waals surface area contributed by atoms with Crippen LogP contribution in [0.3, 0.4) is 0 Å². The van der Waals surface area contributed by atoms with E-state index in [4.69, 9.17) is 4.98 Å². The van der Waals surface area contributed by atoms with Gasteiger partial charge in [-0.25, -0.2) is 4.98 Å². The molecule has 23 heavy (non-hydrogen) atoms. The van der Waals surface area contributed by atoms with Gasteiger partial charge in [0.25, 0.3) is 0 Å². The number of anilines is 1. The Hall–Kier alpha value is -2.13. The molecule has 1 unspecified atom stereocenters. The minimum atomic E-state index is 0.434. The van der Waals surface area contributed by atoms with E-state index in [1.54, 1.807) is 0 Å². The van der Waals surface area contributed by atoms with Crippen LogP contribution in [0.2, 0.25) is 0 Å². The summed E-state index contributed by atoms with van der Waals surface area (Å²) in [7, 11) is 4.25. The first kappa shape index (κ1) is 15.8. The van der Waals surface area contributed by atoms with Crippen molar-refractivity contribution in [3.63, 3.8) is 0 Å². The lowest BCUT2D eigenvalue weighted by molar-refractivity contribution is 0.390. The largest absolute Gasteiger partial charge is 0.381 e. The number of nitrogens with one attached hydrogen (secondary N) is 1. The molecule has 0 aliphatic carbocycles. The summed E-state index contributed by atoms with van der Waals surface area (Å²) in [5, 5.41) is 6.14. The fraction of sp³-hybridized carbons (Fsp3) is 0.350. The standard InChI is InChI=1S/C20H25N3/c1-15(9-8-14-23(2)3)21-20-16-10-4-6-12-18(16)22-19-13-7-5-11-17(19)20/h4-7,10-13,15H,8-9,14H2,1-3H3,(H,21,22). The highest BCUT2D eigenvalue weighted by Crippen LogP contribution is 2.31. The smallest absolute Gasteiger partial charge is 0.0730 e. The molecule has 3 aromatic rings. The second-order valence-electron chi connectivity index (χ2n) is 6.51. The van der Waals surface area contributed by atoms with Crippen LogP contribution in [-0.4, -0.2) is 36.6 Å². The molecule has 1 heterocycles. The van der Waals surface area contributed by atoms with Crippen LogP contribution in [0.25, 0.3) is 21.8 Å². The van der Waals surface area contributed by atoms with Gasteiger partial charge < -0.3 is 10.2 Å². The number of benzene rings is 2. The van der Waals surface area contributed by atoms with E-state index >= 15 is 0 Å². The van der Waals surface area contributed by atoms with Crippen LogP contribution >= 0.6 is 0 Å². The van der Waals surface area contributed by atoms with E-state index in [1.807, 2.05) is 12.1 Å². The van der Waals surface area contributed by atoms with Gasteiger partial charge in [-0.15, -0.1) is 0 Å². The minimum Gasteiger partial charge on any atom is -0.381 e. The maximum atomic E-state index is 4.78. The molecule has 3 nitrogen and oxygen atoms in total. The molecule has 1 N–H and O–H groups in total. The summed E-state index contributed by atoms with van der Waals surface area (Å²) in [6.45, 7) is 3.39. The van der Waals surface area contributed by atoms with Crippen LogP contribution in [0.1, 0.15) is 19.8 Å². The molecule has 0 spiro atoms. The molecule has 0 aliphatic heterocycles. The lowest BCUT2D eigenvalue weighted by Crippen LogP contribution is -2.19. The van der Waals surface area contributed by atoms with Gasteiger partial charge in [-0.3, -0.25) is 0 Å². The maximum Gasteiger partial charge on any atom is 0.0730 e. The Balaban J connectivity index is 1.93. The SMILES string of the molecule is CC(CCCN(C)C)Nc1c2ccccc2nc2ccccc12. The zero-order valence-electron chi connectivity index (χ0n) is 14.2. The highest BCUT2D eigenvalue weighted by molar-refractivity contribution is 6.07. The van der Waals surface area contributed by atoms with Crippen LogP contribution in [0.5, 0.6) is 0 Å². The Morgan fingerprint density at radius 1 is 0.957 bits per heavy atom. The van der Waals surface area contributed by atoms with Crippen LogP contribution in [-0.2, 0) is 0 Å². The molecule has 1 atom stereocenters. The monoisotopic (exact) mass is 307 g/mol. The van der Waals surface area contributed by atoms with Crippen molar-refractivity contribution in [3.05, 3.63) is 48.5 Å². The fourth-order valence-corrected chi connectivity index (χ4v) is 3.03. The summed E-state index contributed by atoms with van der Waals surface area (Å²) in [6, 6.07) is 17.2. The van der Waals surface area contributed by atoms with Crippen molar-refractivity contribution < 1.29 is 0 Å². The molecule has 0 saturated carbocycles. The number of pyridine rings is 1.